The molecule has 0 aliphatic heterocycles. The van der Waals surface area contributed by atoms with Gasteiger partial charge in [0.2, 0.25) is 0 Å². The van der Waals surface area contributed by atoms with Crippen LogP contribution in [-0.2, 0) is 13.6 Å². The Hall–Kier alpha value is 1.14. The summed E-state index contributed by atoms with van der Waals surface area (Å²) in [5.41, 5.74) is 0. The molecule has 0 atom stereocenters. The number of rotatable bonds is 12. The summed E-state index contributed by atoms with van der Waals surface area (Å²) in [7, 11) is -2.96. The van der Waals surface area contributed by atoms with Crippen molar-refractivity contribution in [1.29, 1.82) is 0 Å². The Bertz CT molecular complexity index is 204. The van der Waals surface area contributed by atoms with Gasteiger partial charge in [-0.1, -0.05) is 13.8 Å². The second kappa shape index (κ2) is 12.2. The molecule has 0 radical (unpaired) electrons. The van der Waals surface area contributed by atoms with E-state index in [1.165, 1.54) is 0 Å². The smallest absolute Gasteiger partial charge is 0.308 e. The molecule has 3 nitrogen and oxygen atoms in total. The summed E-state index contributed by atoms with van der Waals surface area (Å²) in [6.45, 7) is 5.10. The lowest BCUT2D eigenvalue weighted by Gasteiger charge is -2.17. The van der Waals surface area contributed by atoms with E-state index in [9.17, 15) is 4.57 Å². The van der Waals surface area contributed by atoms with Crippen molar-refractivity contribution in [2.45, 2.75) is 13.8 Å². The van der Waals surface area contributed by atoms with Crippen molar-refractivity contribution in [2.24, 2.45) is 0 Å². The highest BCUT2D eigenvalue weighted by Crippen LogP contribution is 2.48. The van der Waals surface area contributed by atoms with Crippen molar-refractivity contribution < 1.29 is 13.6 Å². The Morgan fingerprint density at radius 2 is 1.53 bits per heavy atom. The first kappa shape index (κ1) is 18.1. The summed E-state index contributed by atoms with van der Waals surface area (Å²) in [6, 6.07) is 0. The van der Waals surface area contributed by atoms with Crippen LogP contribution in [0.4, 0.5) is 0 Å². The predicted octanol–water partition coefficient (Wildman–Crippen LogP) is 3.96. The van der Waals surface area contributed by atoms with E-state index in [1.807, 2.05) is 0 Å². The summed E-state index contributed by atoms with van der Waals surface area (Å²) >= 11 is 9.14. The second-order valence-electron chi connectivity index (χ2n) is 3.08. The maximum absolute atomic E-state index is 12.2. The van der Waals surface area contributed by atoms with Gasteiger partial charge in [0.15, 0.2) is 0 Å². The zero-order valence-electron chi connectivity index (χ0n) is 10.5. The van der Waals surface area contributed by atoms with Gasteiger partial charge < -0.3 is 9.05 Å². The first-order chi connectivity index (χ1) is 8.18. The van der Waals surface area contributed by atoms with Crippen LogP contribution in [0, 0.1) is 0 Å². The molecule has 7 heteroatoms. The SMILES string of the molecule is CCSCCOP(=O)(CCCl)OCCSCC. The van der Waals surface area contributed by atoms with Gasteiger partial charge in [-0.3, -0.25) is 4.57 Å². The lowest BCUT2D eigenvalue weighted by atomic mass is 10.9. The molecule has 0 bridgehead atoms. The minimum atomic E-state index is -2.96. The van der Waals surface area contributed by atoms with Crippen LogP contribution in [0.1, 0.15) is 13.8 Å². The molecule has 0 rings (SSSR count). The van der Waals surface area contributed by atoms with Gasteiger partial charge in [0.05, 0.1) is 19.4 Å². The van der Waals surface area contributed by atoms with E-state index in [-0.39, 0.29) is 0 Å². The van der Waals surface area contributed by atoms with Crippen LogP contribution >= 0.6 is 42.7 Å². The standard InChI is InChI=1S/C10H22ClO3PS2/c1-3-16-9-6-13-15(12,8-5-11)14-7-10-17-4-2/h3-10H2,1-2H3. The van der Waals surface area contributed by atoms with Gasteiger partial charge in [-0.25, -0.2) is 0 Å². The highest BCUT2D eigenvalue weighted by Gasteiger charge is 2.23. The summed E-state index contributed by atoms with van der Waals surface area (Å²) in [5, 5.41) is 0. The monoisotopic (exact) mass is 320 g/mol. The quantitative estimate of drug-likeness (QED) is 0.309. The van der Waals surface area contributed by atoms with Crippen molar-refractivity contribution in [2.75, 3.05) is 48.3 Å². The number of hydrogen-bond acceptors (Lipinski definition) is 5. The molecule has 0 saturated carbocycles. The van der Waals surface area contributed by atoms with E-state index in [0.717, 1.165) is 23.0 Å². The van der Waals surface area contributed by atoms with Gasteiger partial charge in [-0.05, 0) is 11.5 Å². The zero-order chi connectivity index (χ0) is 13.0. The van der Waals surface area contributed by atoms with Gasteiger partial charge in [0.1, 0.15) is 0 Å². The van der Waals surface area contributed by atoms with E-state index < -0.39 is 7.60 Å². The lowest BCUT2D eigenvalue weighted by molar-refractivity contribution is 0.224. The van der Waals surface area contributed by atoms with Crippen LogP contribution in [0.5, 0.6) is 0 Å². The van der Waals surface area contributed by atoms with Crippen LogP contribution in [0.15, 0.2) is 0 Å². The van der Waals surface area contributed by atoms with Crippen LogP contribution in [-0.4, -0.2) is 48.3 Å². The molecule has 0 fully saturated rings. The molecule has 0 aliphatic rings. The number of hydrogen-bond donors (Lipinski definition) is 0. The average molecular weight is 321 g/mol. The van der Waals surface area contributed by atoms with E-state index in [2.05, 4.69) is 13.8 Å². The summed E-state index contributed by atoms with van der Waals surface area (Å²) in [6.07, 6.45) is 0.294. The predicted molar refractivity (Wildman–Crippen MR) is 81.1 cm³/mol. The van der Waals surface area contributed by atoms with Gasteiger partial charge in [-0.2, -0.15) is 23.5 Å². The molecular weight excluding hydrogens is 299 g/mol. The first-order valence-electron chi connectivity index (χ1n) is 5.78. The maximum atomic E-state index is 12.2. The van der Waals surface area contributed by atoms with Crippen molar-refractivity contribution in [3.8, 4) is 0 Å². The highest BCUT2D eigenvalue weighted by molar-refractivity contribution is 7.99. The third-order valence-electron chi connectivity index (χ3n) is 1.80. The molecule has 0 N–H and O–H groups in total. The Labute approximate surface area is 118 Å². The van der Waals surface area contributed by atoms with Crippen LogP contribution in [0.3, 0.4) is 0 Å². The highest BCUT2D eigenvalue weighted by atomic mass is 35.5. The summed E-state index contributed by atoms with van der Waals surface area (Å²) in [5.74, 6) is 4.07. The van der Waals surface area contributed by atoms with E-state index in [4.69, 9.17) is 20.6 Å². The number of halogens is 1. The minimum Gasteiger partial charge on any atom is -0.308 e. The Morgan fingerprint density at radius 3 is 1.88 bits per heavy atom. The number of alkyl halides is 1. The maximum Gasteiger partial charge on any atom is 0.331 e. The molecule has 0 aromatic rings. The normalized spacial score (nSPS) is 11.9. The summed E-state index contributed by atoms with van der Waals surface area (Å²) < 4.78 is 22.9. The third kappa shape index (κ3) is 10.7. The van der Waals surface area contributed by atoms with Gasteiger partial charge >= 0.3 is 7.60 Å². The van der Waals surface area contributed by atoms with Crippen molar-refractivity contribution >= 4 is 42.7 Å². The fourth-order valence-corrected chi connectivity index (χ4v) is 4.16. The average Bonchev–Trinajstić information content (AvgIpc) is 2.31. The van der Waals surface area contributed by atoms with Crippen molar-refractivity contribution in [3.63, 3.8) is 0 Å². The van der Waals surface area contributed by atoms with Crippen LogP contribution < -0.4 is 0 Å². The first-order valence-corrected chi connectivity index (χ1v) is 10.3. The van der Waals surface area contributed by atoms with E-state index in [0.29, 0.717) is 25.3 Å². The Balaban J connectivity index is 3.85. The second-order valence-corrected chi connectivity index (χ2v) is 8.43. The molecule has 0 aliphatic carbocycles. The number of thioether (sulfide) groups is 2. The third-order valence-corrected chi connectivity index (χ3v) is 5.90. The summed E-state index contributed by atoms with van der Waals surface area (Å²) in [4.78, 5) is 0. The fraction of sp³-hybridized carbons (Fsp3) is 1.00. The fourth-order valence-electron chi connectivity index (χ4n) is 1.03. The molecular formula is C10H22ClO3PS2. The Morgan fingerprint density at radius 1 is 1.06 bits per heavy atom. The molecule has 17 heavy (non-hydrogen) atoms. The minimum absolute atomic E-state index is 0.294. The molecule has 104 valence electrons. The lowest BCUT2D eigenvalue weighted by Crippen LogP contribution is -2.06. The van der Waals surface area contributed by atoms with Crippen molar-refractivity contribution in [3.05, 3.63) is 0 Å². The molecule has 0 aromatic heterocycles. The van der Waals surface area contributed by atoms with Crippen molar-refractivity contribution in [1.82, 2.24) is 0 Å². The van der Waals surface area contributed by atoms with E-state index in [1.54, 1.807) is 23.5 Å². The Kier molecular flexibility index (Phi) is 13.0. The molecule has 0 unspecified atom stereocenters. The molecule has 0 spiro atoms. The van der Waals surface area contributed by atoms with Gasteiger partial charge in [-0.15, -0.1) is 11.6 Å². The molecule has 0 saturated heterocycles. The largest absolute Gasteiger partial charge is 0.331 e. The topological polar surface area (TPSA) is 35.5 Å². The van der Waals surface area contributed by atoms with E-state index >= 15 is 0 Å². The van der Waals surface area contributed by atoms with Gasteiger partial charge in [0, 0.05) is 17.4 Å². The molecule has 0 amide bonds. The molecule has 0 aromatic carbocycles. The van der Waals surface area contributed by atoms with Gasteiger partial charge in [0.25, 0.3) is 0 Å². The zero-order valence-corrected chi connectivity index (χ0v) is 13.8. The van der Waals surface area contributed by atoms with Crippen LogP contribution in [0.25, 0.3) is 0 Å². The van der Waals surface area contributed by atoms with Crippen LogP contribution in [0.2, 0.25) is 0 Å². The molecule has 0 heterocycles.